The van der Waals surface area contributed by atoms with Crippen molar-refractivity contribution in [3.8, 4) is 6.07 Å². The molecule has 0 amide bonds. The van der Waals surface area contributed by atoms with Gasteiger partial charge in [-0.05, 0) is 0 Å². The molecule has 0 spiro atoms. The number of hydrogen-bond donors (Lipinski definition) is 0. The largest absolute Gasteiger partial charge is 0.199 e. The summed E-state index contributed by atoms with van der Waals surface area (Å²) in [4.78, 5) is 0. The van der Waals surface area contributed by atoms with Gasteiger partial charge >= 0.3 is 0 Å². The fourth-order valence-electron chi connectivity index (χ4n) is 0. The van der Waals surface area contributed by atoms with E-state index in [0.29, 0.717) is 0 Å². The molecule has 0 saturated heterocycles. The maximum atomic E-state index is 7.32. The van der Waals surface area contributed by atoms with Crippen LogP contribution >= 0.6 is 0 Å². The average Bonchev–Trinajstić information content (AvgIpc) is 0.918. The summed E-state index contributed by atoms with van der Waals surface area (Å²) in [5, 5.41) is 7.32. The number of nitriles is 1. The Morgan fingerprint density at radius 2 is 1.75 bits per heavy atom. The van der Waals surface area contributed by atoms with Crippen LogP contribution in [0.25, 0.3) is 0 Å². The van der Waals surface area contributed by atoms with E-state index in [1.807, 2.05) is 0 Å². The molecule has 0 heterocycles. The maximum absolute atomic E-state index is 7.32. The molecule has 0 aromatic heterocycles. The number of hydrogen-bond acceptors (Lipinski definition) is 1. The van der Waals surface area contributed by atoms with Gasteiger partial charge in [0.2, 0.25) is 0 Å². The van der Waals surface area contributed by atoms with E-state index in [4.69, 9.17) is 5.26 Å². The van der Waals surface area contributed by atoms with E-state index < -0.39 is 0 Å². The fourth-order valence-corrected chi connectivity index (χ4v) is 0. The summed E-state index contributed by atoms with van der Waals surface area (Å²) < 4.78 is 0. The quantitative estimate of drug-likeness (QED) is 0.577. The van der Waals surface area contributed by atoms with Gasteiger partial charge in [0.05, 0.1) is 6.07 Å². The summed E-state index contributed by atoms with van der Waals surface area (Å²) in [6.07, 6.45) is 0. The van der Waals surface area contributed by atoms with Crippen LogP contribution in [0.5, 0.6) is 0 Å². The van der Waals surface area contributed by atoms with Crippen LogP contribution in [-0.4, -0.2) is 0 Å². The van der Waals surface area contributed by atoms with Gasteiger partial charge in [0.25, 0.3) is 0 Å². The second kappa shape index (κ2) is 8.99. The molecular weight excluding hydrogens is 211 g/mol. The molecule has 0 fully saturated rings. The Balaban J connectivity index is 0. The monoisotopic (exact) mass is 215 g/mol. The summed E-state index contributed by atoms with van der Waals surface area (Å²) in [7, 11) is 0. The van der Waals surface area contributed by atoms with Crippen LogP contribution in [0.2, 0.25) is 0 Å². The van der Waals surface area contributed by atoms with E-state index in [2.05, 4.69) is 0 Å². The van der Waals surface area contributed by atoms with Crippen molar-refractivity contribution >= 4 is 0 Å². The Bertz CT molecular complexity index is 27.5. The van der Waals surface area contributed by atoms with Gasteiger partial charge in [0.1, 0.15) is 0 Å². The molecule has 0 saturated carbocycles. The normalized spacial score (nSPS) is 2.00. The van der Waals surface area contributed by atoms with Gasteiger partial charge in [-0.2, -0.15) is 5.26 Å². The average molecular weight is 214 g/mol. The molecule has 0 aromatic rings. The van der Waals surface area contributed by atoms with E-state index in [-0.39, 0.29) is 46.9 Å². The van der Waals surface area contributed by atoms with Gasteiger partial charge in [-0.3, -0.25) is 0 Å². The van der Waals surface area contributed by atoms with Gasteiger partial charge < -0.3 is 0 Å². The summed E-state index contributed by atoms with van der Waals surface area (Å²) in [6.45, 7) is 1.43. The first-order valence-corrected chi connectivity index (χ1v) is 0.724. The van der Waals surface area contributed by atoms with Crippen molar-refractivity contribution in [2.24, 2.45) is 0 Å². The van der Waals surface area contributed by atoms with Gasteiger partial charge in [0.15, 0.2) is 0 Å². The second-order valence-corrected chi connectivity index (χ2v) is 0.224. The van der Waals surface area contributed by atoms with E-state index in [0.717, 1.165) is 0 Å². The number of nitrogens with zero attached hydrogens (tertiary/aromatic N) is 1. The zero-order valence-corrected chi connectivity index (χ0v) is 3.93. The standard InChI is InChI=1S/C2H3N.Yb/c1-2-3;/h1H3;. The molecular formula is C2H3NYb. The van der Waals surface area contributed by atoms with E-state index in [1.165, 1.54) is 6.92 Å². The van der Waals surface area contributed by atoms with Crippen molar-refractivity contribution in [1.82, 2.24) is 0 Å². The Kier molecular flexibility index (Phi) is 20.0. The van der Waals surface area contributed by atoms with Gasteiger partial charge in [0, 0.05) is 53.8 Å². The molecule has 0 N–H and O–H groups in total. The van der Waals surface area contributed by atoms with Crippen molar-refractivity contribution in [3.63, 3.8) is 0 Å². The Labute approximate surface area is 64.2 Å². The van der Waals surface area contributed by atoms with Crippen molar-refractivity contribution in [3.05, 3.63) is 0 Å². The van der Waals surface area contributed by atoms with Crippen LogP contribution in [0.4, 0.5) is 0 Å². The number of rotatable bonds is 0. The van der Waals surface area contributed by atoms with Crippen LogP contribution in [-0.2, 0) is 0 Å². The first-order valence-electron chi connectivity index (χ1n) is 0.724. The third-order valence-corrected chi connectivity index (χ3v) is 0. The molecule has 0 aromatic carbocycles. The molecule has 2 heteroatoms. The third kappa shape index (κ3) is 11.9. The molecule has 0 aliphatic carbocycles. The van der Waals surface area contributed by atoms with Gasteiger partial charge in [-0.25, -0.2) is 0 Å². The summed E-state index contributed by atoms with van der Waals surface area (Å²) in [5.74, 6) is 0. The van der Waals surface area contributed by atoms with Crippen molar-refractivity contribution < 1.29 is 46.9 Å². The molecule has 0 rings (SSSR count). The minimum atomic E-state index is 0. The molecule has 0 bridgehead atoms. The molecule has 30 valence electrons. The summed E-state index contributed by atoms with van der Waals surface area (Å²) >= 11 is 0. The summed E-state index contributed by atoms with van der Waals surface area (Å²) in [6, 6.07) is 1.75. The molecule has 0 atom stereocenters. The first kappa shape index (κ1) is 8.89. The summed E-state index contributed by atoms with van der Waals surface area (Å²) in [5.41, 5.74) is 0. The predicted molar refractivity (Wildman–Crippen MR) is 11.3 cm³/mol. The van der Waals surface area contributed by atoms with E-state index in [9.17, 15) is 0 Å². The smallest absolute Gasteiger partial charge is 0.0587 e. The Morgan fingerprint density at radius 3 is 1.75 bits per heavy atom. The molecule has 0 aliphatic rings. The van der Waals surface area contributed by atoms with Crippen molar-refractivity contribution in [1.29, 1.82) is 5.26 Å². The second-order valence-electron chi connectivity index (χ2n) is 0.224. The Hall–Kier alpha value is 1.01. The Morgan fingerprint density at radius 1 is 1.75 bits per heavy atom. The zero-order valence-electron chi connectivity index (χ0n) is 2.21. The van der Waals surface area contributed by atoms with E-state index >= 15 is 0 Å². The third-order valence-electron chi connectivity index (χ3n) is 0. The zero-order chi connectivity index (χ0) is 2.71. The SMILES string of the molecule is CC#N.[Yb]. The van der Waals surface area contributed by atoms with Crippen LogP contribution in [0.3, 0.4) is 0 Å². The van der Waals surface area contributed by atoms with E-state index in [1.54, 1.807) is 6.07 Å². The van der Waals surface area contributed by atoms with Crippen molar-refractivity contribution in [2.75, 3.05) is 0 Å². The van der Waals surface area contributed by atoms with Crippen LogP contribution in [0, 0.1) is 58.3 Å². The van der Waals surface area contributed by atoms with Gasteiger partial charge in [-0.1, -0.05) is 0 Å². The topological polar surface area (TPSA) is 23.8 Å². The van der Waals surface area contributed by atoms with Crippen molar-refractivity contribution in [2.45, 2.75) is 6.92 Å². The van der Waals surface area contributed by atoms with Crippen LogP contribution in [0.1, 0.15) is 6.92 Å². The van der Waals surface area contributed by atoms with Crippen LogP contribution in [0.15, 0.2) is 0 Å². The van der Waals surface area contributed by atoms with Gasteiger partial charge in [-0.15, -0.1) is 0 Å². The minimum Gasteiger partial charge on any atom is -0.199 e. The first-order chi connectivity index (χ1) is 1.41. The fraction of sp³-hybridized carbons (Fsp3) is 0.500. The predicted octanol–water partition coefficient (Wildman–Crippen LogP) is 0.530. The molecule has 1 nitrogen and oxygen atoms in total. The molecule has 0 aliphatic heterocycles. The minimum absolute atomic E-state index is 0. The molecule has 4 heavy (non-hydrogen) atoms. The molecule has 0 radical (unpaired) electrons. The van der Waals surface area contributed by atoms with Crippen LogP contribution < -0.4 is 0 Å². The maximum Gasteiger partial charge on any atom is 0.0587 e. The molecule has 0 unspecified atom stereocenters.